The zero-order valence-corrected chi connectivity index (χ0v) is 10.9. The smallest absolute Gasteiger partial charge is 0.0312 e. The van der Waals surface area contributed by atoms with E-state index < -0.39 is 0 Å². The van der Waals surface area contributed by atoms with E-state index in [2.05, 4.69) is 35.2 Å². The first-order valence-corrected chi connectivity index (χ1v) is 6.46. The standard InChI is InChI=1S/C14H23N3/c1-14(5-8-15-9-6-14)12-17(2)11-13-4-3-7-16-10-13/h3-4,7,10,15H,5-6,8-9,11-12H2,1-2H3. The van der Waals surface area contributed by atoms with E-state index in [1.807, 2.05) is 18.5 Å². The molecule has 1 fully saturated rings. The average Bonchev–Trinajstić information content (AvgIpc) is 2.30. The quantitative estimate of drug-likeness (QED) is 0.861. The van der Waals surface area contributed by atoms with E-state index in [0.717, 1.165) is 19.6 Å². The van der Waals surface area contributed by atoms with Gasteiger partial charge in [0, 0.05) is 25.5 Å². The fourth-order valence-corrected chi connectivity index (χ4v) is 2.70. The maximum Gasteiger partial charge on any atom is 0.0312 e. The number of piperidine rings is 1. The molecule has 94 valence electrons. The van der Waals surface area contributed by atoms with Crippen molar-refractivity contribution in [3.8, 4) is 0 Å². The van der Waals surface area contributed by atoms with Crippen LogP contribution in [0.1, 0.15) is 25.3 Å². The van der Waals surface area contributed by atoms with Crippen LogP contribution in [0.15, 0.2) is 24.5 Å². The van der Waals surface area contributed by atoms with Crippen LogP contribution in [0.5, 0.6) is 0 Å². The van der Waals surface area contributed by atoms with Crippen LogP contribution in [0, 0.1) is 5.41 Å². The second kappa shape index (κ2) is 5.61. The zero-order chi connectivity index (χ0) is 12.1. The molecule has 0 radical (unpaired) electrons. The van der Waals surface area contributed by atoms with Crippen molar-refractivity contribution in [2.24, 2.45) is 5.41 Å². The lowest BCUT2D eigenvalue weighted by Crippen LogP contribution is -2.41. The second-order valence-electron chi connectivity index (χ2n) is 5.59. The molecule has 0 aliphatic carbocycles. The summed E-state index contributed by atoms with van der Waals surface area (Å²) in [5.74, 6) is 0. The van der Waals surface area contributed by atoms with E-state index in [-0.39, 0.29) is 0 Å². The van der Waals surface area contributed by atoms with Crippen LogP contribution in [0.4, 0.5) is 0 Å². The minimum atomic E-state index is 0.474. The summed E-state index contributed by atoms with van der Waals surface area (Å²) in [6.45, 7) is 6.91. The molecule has 0 unspecified atom stereocenters. The summed E-state index contributed by atoms with van der Waals surface area (Å²) in [4.78, 5) is 6.58. The van der Waals surface area contributed by atoms with Gasteiger partial charge in [0.2, 0.25) is 0 Å². The summed E-state index contributed by atoms with van der Waals surface area (Å²) in [7, 11) is 2.21. The lowest BCUT2D eigenvalue weighted by molar-refractivity contribution is 0.143. The number of aromatic nitrogens is 1. The summed E-state index contributed by atoms with van der Waals surface area (Å²) in [5.41, 5.74) is 1.77. The summed E-state index contributed by atoms with van der Waals surface area (Å²) in [6, 6.07) is 4.16. The number of nitrogens with zero attached hydrogens (tertiary/aromatic N) is 2. The minimum absolute atomic E-state index is 0.474. The third kappa shape index (κ3) is 3.79. The van der Waals surface area contributed by atoms with Gasteiger partial charge in [-0.05, 0) is 50.0 Å². The Balaban J connectivity index is 1.86. The van der Waals surface area contributed by atoms with E-state index in [0.29, 0.717) is 5.41 Å². The van der Waals surface area contributed by atoms with Gasteiger partial charge in [-0.1, -0.05) is 13.0 Å². The van der Waals surface area contributed by atoms with Crippen LogP contribution >= 0.6 is 0 Å². The van der Waals surface area contributed by atoms with Gasteiger partial charge < -0.3 is 10.2 Å². The molecule has 3 nitrogen and oxygen atoms in total. The molecule has 0 bridgehead atoms. The number of pyridine rings is 1. The van der Waals surface area contributed by atoms with Crippen LogP contribution in [0.3, 0.4) is 0 Å². The minimum Gasteiger partial charge on any atom is -0.317 e. The normalized spacial score (nSPS) is 19.5. The molecule has 1 aliphatic heterocycles. The van der Waals surface area contributed by atoms with Gasteiger partial charge in [-0.15, -0.1) is 0 Å². The van der Waals surface area contributed by atoms with Crippen LogP contribution < -0.4 is 5.32 Å². The maximum absolute atomic E-state index is 4.17. The third-order valence-corrected chi connectivity index (χ3v) is 3.64. The highest BCUT2D eigenvalue weighted by molar-refractivity contribution is 5.08. The third-order valence-electron chi connectivity index (χ3n) is 3.64. The van der Waals surface area contributed by atoms with Gasteiger partial charge in [-0.2, -0.15) is 0 Å². The van der Waals surface area contributed by atoms with Crippen molar-refractivity contribution in [3.05, 3.63) is 30.1 Å². The molecule has 17 heavy (non-hydrogen) atoms. The first-order chi connectivity index (χ1) is 8.18. The maximum atomic E-state index is 4.17. The van der Waals surface area contributed by atoms with E-state index >= 15 is 0 Å². The molecule has 0 spiro atoms. The number of hydrogen-bond donors (Lipinski definition) is 1. The van der Waals surface area contributed by atoms with Crippen molar-refractivity contribution in [2.45, 2.75) is 26.3 Å². The topological polar surface area (TPSA) is 28.2 Å². The summed E-state index contributed by atoms with van der Waals surface area (Å²) >= 11 is 0. The number of hydrogen-bond acceptors (Lipinski definition) is 3. The summed E-state index contributed by atoms with van der Waals surface area (Å²) in [6.07, 6.45) is 6.35. The largest absolute Gasteiger partial charge is 0.317 e. The Bertz CT molecular complexity index is 331. The molecule has 0 amide bonds. The Hall–Kier alpha value is -0.930. The average molecular weight is 233 g/mol. The van der Waals surface area contributed by atoms with Crippen LogP contribution in [-0.4, -0.2) is 36.6 Å². The summed E-state index contributed by atoms with van der Waals surface area (Å²) in [5, 5.41) is 3.43. The van der Waals surface area contributed by atoms with E-state index in [9.17, 15) is 0 Å². The molecular weight excluding hydrogens is 210 g/mol. The molecule has 2 rings (SSSR count). The molecular formula is C14H23N3. The van der Waals surface area contributed by atoms with Crippen LogP contribution in [0.25, 0.3) is 0 Å². The second-order valence-corrected chi connectivity index (χ2v) is 5.59. The Kier molecular flexibility index (Phi) is 4.13. The van der Waals surface area contributed by atoms with E-state index in [4.69, 9.17) is 0 Å². The molecule has 1 aliphatic rings. The number of rotatable bonds is 4. The molecule has 1 aromatic rings. The van der Waals surface area contributed by atoms with E-state index in [1.165, 1.54) is 24.9 Å². The fraction of sp³-hybridized carbons (Fsp3) is 0.643. The van der Waals surface area contributed by atoms with Gasteiger partial charge in [-0.3, -0.25) is 4.98 Å². The zero-order valence-electron chi connectivity index (χ0n) is 10.9. The molecule has 1 aromatic heterocycles. The highest BCUT2D eigenvalue weighted by atomic mass is 15.1. The molecule has 0 saturated carbocycles. The highest BCUT2D eigenvalue weighted by Gasteiger charge is 2.27. The Labute approximate surface area is 104 Å². The van der Waals surface area contributed by atoms with Gasteiger partial charge in [0.25, 0.3) is 0 Å². The SMILES string of the molecule is CN(Cc1cccnc1)CC1(C)CCNCC1. The van der Waals surface area contributed by atoms with E-state index in [1.54, 1.807) is 0 Å². The van der Waals surface area contributed by atoms with Crippen molar-refractivity contribution in [3.63, 3.8) is 0 Å². The predicted molar refractivity (Wildman–Crippen MR) is 70.8 cm³/mol. The van der Waals surface area contributed by atoms with Crippen molar-refractivity contribution in [2.75, 3.05) is 26.7 Å². The molecule has 1 saturated heterocycles. The fourth-order valence-electron chi connectivity index (χ4n) is 2.70. The Morgan fingerprint density at radius 1 is 1.41 bits per heavy atom. The van der Waals surface area contributed by atoms with Crippen molar-refractivity contribution >= 4 is 0 Å². The number of nitrogens with one attached hydrogen (secondary N) is 1. The molecule has 1 N–H and O–H groups in total. The lowest BCUT2D eigenvalue weighted by atomic mass is 9.80. The van der Waals surface area contributed by atoms with Gasteiger partial charge in [0.15, 0.2) is 0 Å². The molecule has 0 aromatic carbocycles. The van der Waals surface area contributed by atoms with Gasteiger partial charge in [0.05, 0.1) is 0 Å². The van der Waals surface area contributed by atoms with Gasteiger partial charge in [0.1, 0.15) is 0 Å². The predicted octanol–water partition coefficient (Wildman–Crippen LogP) is 1.90. The molecule has 2 heterocycles. The monoisotopic (exact) mass is 233 g/mol. The van der Waals surface area contributed by atoms with Gasteiger partial charge in [-0.25, -0.2) is 0 Å². The molecule has 0 atom stereocenters. The summed E-state index contributed by atoms with van der Waals surface area (Å²) < 4.78 is 0. The van der Waals surface area contributed by atoms with Gasteiger partial charge >= 0.3 is 0 Å². The van der Waals surface area contributed by atoms with Crippen molar-refractivity contribution in [1.29, 1.82) is 0 Å². The van der Waals surface area contributed by atoms with Crippen molar-refractivity contribution < 1.29 is 0 Å². The Morgan fingerprint density at radius 2 is 2.18 bits per heavy atom. The Morgan fingerprint density at radius 3 is 2.82 bits per heavy atom. The molecule has 3 heteroatoms. The lowest BCUT2D eigenvalue weighted by Gasteiger charge is -2.37. The first kappa shape index (κ1) is 12.5. The first-order valence-electron chi connectivity index (χ1n) is 6.46. The van der Waals surface area contributed by atoms with Crippen LogP contribution in [-0.2, 0) is 6.54 Å². The van der Waals surface area contributed by atoms with Crippen LogP contribution in [0.2, 0.25) is 0 Å². The highest BCUT2D eigenvalue weighted by Crippen LogP contribution is 2.28. The van der Waals surface area contributed by atoms with Crippen molar-refractivity contribution in [1.82, 2.24) is 15.2 Å².